The third kappa shape index (κ3) is 5.40. The van der Waals surface area contributed by atoms with Gasteiger partial charge in [0.25, 0.3) is 5.91 Å². The predicted molar refractivity (Wildman–Crippen MR) is 140 cm³/mol. The van der Waals surface area contributed by atoms with Gasteiger partial charge in [0.1, 0.15) is 6.04 Å². The van der Waals surface area contributed by atoms with Crippen LogP contribution in [0.4, 0.5) is 11.6 Å². The van der Waals surface area contributed by atoms with Crippen molar-refractivity contribution in [2.24, 2.45) is 5.92 Å². The van der Waals surface area contributed by atoms with Gasteiger partial charge in [-0.05, 0) is 50.4 Å². The summed E-state index contributed by atoms with van der Waals surface area (Å²) in [6, 6.07) is 8.22. The maximum absolute atomic E-state index is 13.4. The zero-order valence-corrected chi connectivity index (χ0v) is 21.8. The molecule has 0 bridgehead atoms. The lowest BCUT2D eigenvalue weighted by atomic mass is 9.93. The van der Waals surface area contributed by atoms with Gasteiger partial charge < -0.3 is 15.5 Å². The van der Waals surface area contributed by atoms with E-state index in [9.17, 15) is 9.59 Å². The summed E-state index contributed by atoms with van der Waals surface area (Å²) in [6.45, 7) is 4.01. The smallest absolute Gasteiger partial charge is 0.268 e. The third-order valence-corrected chi connectivity index (χ3v) is 8.13. The van der Waals surface area contributed by atoms with Crippen LogP contribution in [0.5, 0.6) is 0 Å². The molecular formula is C27H37N7O3. The van der Waals surface area contributed by atoms with Gasteiger partial charge in [0.15, 0.2) is 0 Å². The van der Waals surface area contributed by atoms with Crippen molar-refractivity contribution in [2.75, 3.05) is 51.0 Å². The van der Waals surface area contributed by atoms with E-state index in [2.05, 4.69) is 31.9 Å². The molecule has 2 saturated heterocycles. The minimum atomic E-state index is -0.273. The quantitative estimate of drug-likeness (QED) is 0.589. The number of carbonyl (C=O) groups is 2. The van der Waals surface area contributed by atoms with Gasteiger partial charge in [0.2, 0.25) is 11.9 Å². The lowest BCUT2D eigenvalue weighted by molar-refractivity contribution is -0.170. The molecule has 0 radical (unpaired) electrons. The molecule has 37 heavy (non-hydrogen) atoms. The van der Waals surface area contributed by atoms with Crippen LogP contribution in [0.15, 0.2) is 36.7 Å². The van der Waals surface area contributed by atoms with Crippen molar-refractivity contribution in [1.29, 1.82) is 0 Å². The average Bonchev–Trinajstić information content (AvgIpc) is 3.33. The van der Waals surface area contributed by atoms with Crippen molar-refractivity contribution < 1.29 is 14.4 Å². The Morgan fingerprint density at radius 2 is 1.73 bits per heavy atom. The summed E-state index contributed by atoms with van der Waals surface area (Å²) < 4.78 is 0. The monoisotopic (exact) mass is 507 g/mol. The number of piperidine rings is 2. The fourth-order valence-corrected chi connectivity index (χ4v) is 6.03. The van der Waals surface area contributed by atoms with Crippen LogP contribution in [0.3, 0.4) is 0 Å². The number of para-hydroxylation sites is 1. The van der Waals surface area contributed by atoms with Crippen LogP contribution in [0, 0.1) is 5.92 Å². The number of nitrogen functional groups attached to an aromatic ring is 1. The summed E-state index contributed by atoms with van der Waals surface area (Å²) in [5.41, 5.74) is 8.95. The Morgan fingerprint density at radius 1 is 1.05 bits per heavy atom. The number of nitrogens with zero attached hydrogens (tertiary/aromatic N) is 6. The van der Waals surface area contributed by atoms with E-state index in [1.165, 1.54) is 17.7 Å². The Kier molecular flexibility index (Phi) is 7.57. The fraction of sp³-hybridized carbons (Fsp3) is 0.556. The second kappa shape index (κ2) is 11.0. The third-order valence-electron chi connectivity index (χ3n) is 8.13. The molecule has 10 heteroatoms. The Balaban J connectivity index is 1.16. The molecule has 3 aliphatic rings. The number of aromatic nitrogens is 2. The van der Waals surface area contributed by atoms with Crippen LogP contribution in [0.1, 0.15) is 36.8 Å². The molecule has 1 aromatic carbocycles. The highest BCUT2D eigenvalue weighted by atomic mass is 16.7. The molecule has 4 heterocycles. The van der Waals surface area contributed by atoms with E-state index in [0.29, 0.717) is 6.42 Å². The number of anilines is 2. The minimum absolute atomic E-state index is 0.0329. The van der Waals surface area contributed by atoms with Gasteiger partial charge in [0, 0.05) is 68.7 Å². The Hall–Kier alpha value is -3.24. The second-order valence-corrected chi connectivity index (χ2v) is 10.3. The molecule has 0 aliphatic carbocycles. The van der Waals surface area contributed by atoms with E-state index in [4.69, 9.17) is 10.6 Å². The highest BCUT2D eigenvalue weighted by Gasteiger charge is 2.41. The molecule has 2 aromatic rings. The number of hydroxylamine groups is 2. The topological polar surface area (TPSA) is 108 Å². The maximum atomic E-state index is 13.4. The molecule has 198 valence electrons. The number of fused-ring (bicyclic) bond motifs is 1. The summed E-state index contributed by atoms with van der Waals surface area (Å²) in [6.07, 6.45) is 7.68. The number of benzene rings is 1. The Labute approximate surface area is 218 Å². The number of amides is 2. The number of likely N-dealkylation sites (N-methyl/N-ethyl adjacent to an activating group) is 1. The van der Waals surface area contributed by atoms with E-state index in [1.54, 1.807) is 19.4 Å². The molecule has 1 aromatic heterocycles. The van der Waals surface area contributed by atoms with Crippen LogP contribution in [-0.2, 0) is 27.4 Å². The first kappa shape index (κ1) is 25.4. The summed E-state index contributed by atoms with van der Waals surface area (Å²) in [5.74, 6) is 0.611. The van der Waals surface area contributed by atoms with E-state index in [1.807, 2.05) is 17.0 Å². The minimum Gasteiger partial charge on any atom is -0.368 e. The van der Waals surface area contributed by atoms with E-state index < -0.39 is 0 Å². The number of likely N-dealkylation sites (tertiary alicyclic amines) is 2. The molecule has 0 saturated carbocycles. The lowest BCUT2D eigenvalue weighted by Crippen LogP contribution is -2.54. The van der Waals surface area contributed by atoms with Crippen LogP contribution in [0.25, 0.3) is 0 Å². The largest absolute Gasteiger partial charge is 0.368 e. The van der Waals surface area contributed by atoms with Crippen molar-refractivity contribution >= 4 is 23.5 Å². The normalized spacial score (nSPS) is 21.2. The standard InChI is InChI=1S/C27H37N7O3/c1-31(37-2)26(36)24-15-21-5-3-4-6-23(21)34(24)22-9-13-33(14-10-22)25(35)20-7-11-32(12-8-20)18-19-16-29-27(28)30-17-19/h3-6,16-17,20,22,24H,7-15,18H2,1-2H3,(H2,28,29,30). The summed E-state index contributed by atoms with van der Waals surface area (Å²) in [7, 11) is 3.19. The van der Waals surface area contributed by atoms with Gasteiger partial charge in [-0.25, -0.2) is 15.0 Å². The second-order valence-electron chi connectivity index (χ2n) is 10.3. The van der Waals surface area contributed by atoms with Crippen molar-refractivity contribution in [1.82, 2.24) is 24.8 Å². The van der Waals surface area contributed by atoms with Gasteiger partial charge in [-0.3, -0.25) is 19.3 Å². The number of nitrogens with two attached hydrogens (primary N) is 1. The van der Waals surface area contributed by atoms with Crippen molar-refractivity contribution in [3.05, 3.63) is 47.8 Å². The number of hydrogen-bond acceptors (Lipinski definition) is 8. The Morgan fingerprint density at radius 3 is 2.41 bits per heavy atom. The van der Waals surface area contributed by atoms with E-state index in [0.717, 1.165) is 69.7 Å². The van der Waals surface area contributed by atoms with Crippen LogP contribution in [-0.4, -0.2) is 89.1 Å². The summed E-state index contributed by atoms with van der Waals surface area (Å²) in [4.78, 5) is 46.5. The molecule has 2 N–H and O–H groups in total. The van der Waals surface area contributed by atoms with Crippen LogP contribution < -0.4 is 10.6 Å². The zero-order valence-electron chi connectivity index (χ0n) is 21.8. The molecule has 1 atom stereocenters. The van der Waals surface area contributed by atoms with Crippen molar-refractivity contribution in [2.45, 2.75) is 50.7 Å². The summed E-state index contributed by atoms with van der Waals surface area (Å²) >= 11 is 0. The summed E-state index contributed by atoms with van der Waals surface area (Å²) in [5, 5.41) is 1.33. The molecule has 3 aliphatic heterocycles. The number of carbonyl (C=O) groups excluding carboxylic acids is 2. The fourth-order valence-electron chi connectivity index (χ4n) is 6.03. The highest BCUT2D eigenvalue weighted by molar-refractivity contribution is 5.88. The molecule has 10 nitrogen and oxygen atoms in total. The van der Waals surface area contributed by atoms with Crippen molar-refractivity contribution in [3.63, 3.8) is 0 Å². The highest BCUT2D eigenvalue weighted by Crippen LogP contribution is 2.37. The lowest BCUT2D eigenvalue weighted by Gasteiger charge is -2.42. The molecular weight excluding hydrogens is 470 g/mol. The molecule has 2 fully saturated rings. The van der Waals surface area contributed by atoms with Gasteiger partial charge in [0.05, 0.1) is 7.11 Å². The first-order chi connectivity index (χ1) is 17.9. The molecule has 1 unspecified atom stereocenters. The number of rotatable bonds is 6. The van der Waals surface area contributed by atoms with Crippen molar-refractivity contribution in [3.8, 4) is 0 Å². The first-order valence-electron chi connectivity index (χ1n) is 13.2. The molecule has 2 amide bonds. The SMILES string of the molecule is CON(C)C(=O)C1Cc2ccccc2N1C1CCN(C(=O)C2CCN(Cc3cnc(N)nc3)CC2)CC1. The van der Waals surface area contributed by atoms with Gasteiger partial charge in [-0.1, -0.05) is 18.2 Å². The van der Waals surface area contributed by atoms with E-state index in [-0.39, 0.29) is 35.8 Å². The van der Waals surface area contributed by atoms with E-state index >= 15 is 0 Å². The van der Waals surface area contributed by atoms with Gasteiger partial charge in [-0.2, -0.15) is 0 Å². The average molecular weight is 508 g/mol. The van der Waals surface area contributed by atoms with Gasteiger partial charge in [-0.15, -0.1) is 0 Å². The predicted octanol–water partition coefficient (Wildman–Crippen LogP) is 1.71. The van der Waals surface area contributed by atoms with Crippen LogP contribution >= 0.6 is 0 Å². The van der Waals surface area contributed by atoms with Gasteiger partial charge >= 0.3 is 0 Å². The zero-order chi connectivity index (χ0) is 25.9. The molecule has 5 rings (SSSR count). The maximum Gasteiger partial charge on any atom is 0.268 e. The van der Waals surface area contributed by atoms with Crippen LogP contribution in [0.2, 0.25) is 0 Å². The Bertz CT molecular complexity index is 1100. The molecule has 0 spiro atoms. The first-order valence-corrected chi connectivity index (χ1v) is 13.2. The number of hydrogen-bond donors (Lipinski definition) is 1.